The molecule has 13 heavy (non-hydrogen) atoms. The largest absolute Gasteiger partial charge is 0.298 e. The number of likely N-dealkylation sites (tertiary alicyclic amines) is 1. The number of Topliss-reactive ketones (excluding diaryl/α,β-unsaturated/α-hetero) is 1. The summed E-state index contributed by atoms with van der Waals surface area (Å²) < 4.78 is 0. The van der Waals surface area contributed by atoms with Gasteiger partial charge in [0.1, 0.15) is 0 Å². The van der Waals surface area contributed by atoms with Gasteiger partial charge in [-0.1, -0.05) is 19.8 Å². The molecule has 2 unspecified atom stereocenters. The standard InChI is InChI=1S/C11H19NO/c1-9-4-3-6-11(8-9)10(13)5-7-12(11)2/h9H,3-8H2,1-2H3. The Hall–Kier alpha value is -0.370. The molecule has 0 bridgehead atoms. The van der Waals surface area contributed by atoms with Gasteiger partial charge in [0.25, 0.3) is 0 Å². The average Bonchev–Trinajstić information content (AvgIpc) is 2.34. The van der Waals surface area contributed by atoms with Crippen LogP contribution in [0.4, 0.5) is 0 Å². The second-order valence-corrected chi connectivity index (χ2v) is 4.83. The number of hydrogen-bond donors (Lipinski definition) is 0. The van der Waals surface area contributed by atoms with Crippen LogP contribution in [0.3, 0.4) is 0 Å². The Balaban J connectivity index is 2.21. The van der Waals surface area contributed by atoms with E-state index in [2.05, 4.69) is 18.9 Å². The lowest BCUT2D eigenvalue weighted by molar-refractivity contribution is -0.127. The van der Waals surface area contributed by atoms with Gasteiger partial charge in [-0.15, -0.1) is 0 Å². The molecule has 1 spiro atoms. The maximum Gasteiger partial charge on any atom is 0.154 e. The molecule has 1 aliphatic carbocycles. The minimum absolute atomic E-state index is 0.0440. The van der Waals surface area contributed by atoms with Crippen LogP contribution in [0.5, 0.6) is 0 Å². The Bertz CT molecular complexity index is 226. The third-order valence-corrected chi connectivity index (χ3v) is 3.90. The molecule has 2 fully saturated rings. The molecule has 2 aliphatic rings. The van der Waals surface area contributed by atoms with Gasteiger partial charge in [0.05, 0.1) is 5.54 Å². The minimum atomic E-state index is -0.0440. The summed E-state index contributed by atoms with van der Waals surface area (Å²) in [5.74, 6) is 1.24. The summed E-state index contributed by atoms with van der Waals surface area (Å²) in [7, 11) is 2.11. The Labute approximate surface area is 80.3 Å². The average molecular weight is 181 g/mol. The van der Waals surface area contributed by atoms with Gasteiger partial charge in [-0.25, -0.2) is 0 Å². The molecule has 0 radical (unpaired) electrons. The molecule has 2 atom stereocenters. The second-order valence-electron chi connectivity index (χ2n) is 4.83. The van der Waals surface area contributed by atoms with Gasteiger partial charge in [-0.3, -0.25) is 9.69 Å². The highest BCUT2D eigenvalue weighted by atomic mass is 16.1. The van der Waals surface area contributed by atoms with Crippen LogP contribution in [0, 0.1) is 5.92 Å². The van der Waals surface area contributed by atoms with E-state index in [9.17, 15) is 4.79 Å². The lowest BCUT2D eigenvalue weighted by Gasteiger charge is -2.40. The smallest absolute Gasteiger partial charge is 0.154 e. The van der Waals surface area contributed by atoms with Crippen LogP contribution >= 0.6 is 0 Å². The molecule has 1 saturated heterocycles. The number of carbonyl (C=O) groups is 1. The molecule has 0 N–H and O–H groups in total. The molecule has 74 valence electrons. The van der Waals surface area contributed by atoms with E-state index in [1.807, 2.05) is 0 Å². The summed E-state index contributed by atoms with van der Waals surface area (Å²) in [4.78, 5) is 14.2. The summed E-state index contributed by atoms with van der Waals surface area (Å²) in [6.07, 6.45) is 5.53. The van der Waals surface area contributed by atoms with Crippen LogP contribution < -0.4 is 0 Å². The van der Waals surface area contributed by atoms with Crippen molar-refractivity contribution >= 4 is 5.78 Å². The molecule has 0 aromatic rings. The maximum atomic E-state index is 11.9. The van der Waals surface area contributed by atoms with Crippen molar-refractivity contribution in [2.45, 2.75) is 44.6 Å². The van der Waals surface area contributed by atoms with Crippen molar-refractivity contribution in [2.24, 2.45) is 5.92 Å². The van der Waals surface area contributed by atoms with Crippen molar-refractivity contribution in [1.29, 1.82) is 0 Å². The zero-order chi connectivity index (χ0) is 9.47. The molecule has 2 rings (SSSR count). The molecule has 2 nitrogen and oxygen atoms in total. The van der Waals surface area contributed by atoms with Crippen molar-refractivity contribution in [1.82, 2.24) is 4.90 Å². The van der Waals surface area contributed by atoms with Gasteiger partial charge in [0.2, 0.25) is 0 Å². The monoisotopic (exact) mass is 181 g/mol. The van der Waals surface area contributed by atoms with E-state index in [1.54, 1.807) is 0 Å². The number of carbonyl (C=O) groups excluding carboxylic acids is 1. The van der Waals surface area contributed by atoms with E-state index in [-0.39, 0.29) is 5.54 Å². The van der Waals surface area contributed by atoms with E-state index >= 15 is 0 Å². The van der Waals surface area contributed by atoms with Crippen molar-refractivity contribution in [2.75, 3.05) is 13.6 Å². The predicted molar refractivity (Wildman–Crippen MR) is 52.6 cm³/mol. The number of likely N-dealkylation sites (N-methyl/N-ethyl adjacent to an activating group) is 1. The SMILES string of the molecule is CC1CCCC2(C1)C(=O)CCN2C. The normalized spacial score (nSPS) is 41.7. The summed E-state index contributed by atoms with van der Waals surface area (Å²) in [5.41, 5.74) is -0.0440. The van der Waals surface area contributed by atoms with Crippen LogP contribution in [-0.2, 0) is 4.79 Å². The summed E-state index contributed by atoms with van der Waals surface area (Å²) in [6.45, 7) is 3.26. The zero-order valence-electron chi connectivity index (χ0n) is 8.68. The van der Waals surface area contributed by atoms with Crippen LogP contribution in [0.2, 0.25) is 0 Å². The van der Waals surface area contributed by atoms with Crippen LogP contribution in [0.25, 0.3) is 0 Å². The van der Waals surface area contributed by atoms with Crippen molar-refractivity contribution in [3.8, 4) is 0 Å². The highest BCUT2D eigenvalue weighted by Crippen LogP contribution is 2.40. The molecule has 0 aromatic heterocycles. The predicted octanol–water partition coefficient (Wildman–Crippen LogP) is 1.84. The Morgan fingerprint density at radius 2 is 2.31 bits per heavy atom. The van der Waals surface area contributed by atoms with Crippen molar-refractivity contribution < 1.29 is 4.79 Å². The lowest BCUT2D eigenvalue weighted by Crippen LogP contribution is -2.49. The second kappa shape index (κ2) is 3.09. The summed E-state index contributed by atoms with van der Waals surface area (Å²) >= 11 is 0. The van der Waals surface area contributed by atoms with E-state index < -0.39 is 0 Å². The van der Waals surface area contributed by atoms with E-state index in [0.717, 1.165) is 31.7 Å². The number of nitrogens with zero attached hydrogens (tertiary/aromatic N) is 1. The van der Waals surface area contributed by atoms with E-state index in [1.165, 1.54) is 12.8 Å². The van der Waals surface area contributed by atoms with Crippen LogP contribution in [-0.4, -0.2) is 29.8 Å². The Morgan fingerprint density at radius 1 is 1.54 bits per heavy atom. The third-order valence-electron chi connectivity index (χ3n) is 3.90. The molecule has 1 heterocycles. The van der Waals surface area contributed by atoms with E-state index in [4.69, 9.17) is 0 Å². The Kier molecular flexibility index (Phi) is 2.18. The van der Waals surface area contributed by atoms with Gasteiger partial charge in [0.15, 0.2) is 5.78 Å². The lowest BCUT2D eigenvalue weighted by atomic mass is 9.74. The fraction of sp³-hybridized carbons (Fsp3) is 0.909. The first-order chi connectivity index (χ1) is 6.15. The first kappa shape index (κ1) is 9.20. The molecule has 0 amide bonds. The molecule has 1 saturated carbocycles. The van der Waals surface area contributed by atoms with Crippen LogP contribution in [0.1, 0.15) is 39.0 Å². The first-order valence-corrected chi connectivity index (χ1v) is 5.40. The number of hydrogen-bond acceptors (Lipinski definition) is 2. The molecule has 1 aliphatic heterocycles. The number of ketones is 1. The van der Waals surface area contributed by atoms with Gasteiger partial charge < -0.3 is 0 Å². The van der Waals surface area contributed by atoms with Crippen molar-refractivity contribution in [3.05, 3.63) is 0 Å². The fourth-order valence-corrected chi connectivity index (χ4v) is 3.05. The topological polar surface area (TPSA) is 20.3 Å². The molecule has 2 heteroatoms. The van der Waals surface area contributed by atoms with Gasteiger partial charge in [-0.2, -0.15) is 0 Å². The maximum absolute atomic E-state index is 11.9. The summed E-state index contributed by atoms with van der Waals surface area (Å²) in [5, 5.41) is 0. The molecular formula is C11H19NO. The summed E-state index contributed by atoms with van der Waals surface area (Å²) in [6, 6.07) is 0. The number of rotatable bonds is 0. The quantitative estimate of drug-likeness (QED) is 0.568. The zero-order valence-corrected chi connectivity index (χ0v) is 8.68. The molecular weight excluding hydrogens is 162 g/mol. The van der Waals surface area contributed by atoms with Gasteiger partial charge in [0, 0.05) is 13.0 Å². The fourth-order valence-electron chi connectivity index (χ4n) is 3.05. The molecule has 0 aromatic carbocycles. The van der Waals surface area contributed by atoms with Gasteiger partial charge in [-0.05, 0) is 25.8 Å². The Morgan fingerprint density at radius 3 is 2.85 bits per heavy atom. The van der Waals surface area contributed by atoms with E-state index in [0.29, 0.717) is 5.78 Å². The van der Waals surface area contributed by atoms with Crippen molar-refractivity contribution in [3.63, 3.8) is 0 Å². The van der Waals surface area contributed by atoms with Gasteiger partial charge >= 0.3 is 0 Å². The highest BCUT2D eigenvalue weighted by molar-refractivity contribution is 5.90. The third kappa shape index (κ3) is 1.32. The van der Waals surface area contributed by atoms with Crippen LogP contribution in [0.15, 0.2) is 0 Å². The first-order valence-electron chi connectivity index (χ1n) is 5.40. The minimum Gasteiger partial charge on any atom is -0.298 e. The highest BCUT2D eigenvalue weighted by Gasteiger charge is 2.47.